The number of hydrogen-bond donors (Lipinski definition) is 0. The maximum atomic E-state index is 6.31. The van der Waals surface area contributed by atoms with Crippen LogP contribution in [0.3, 0.4) is 0 Å². The van der Waals surface area contributed by atoms with Crippen LogP contribution < -0.4 is 0 Å². The largest absolute Gasteiger partial charge is 0.381 e. The fourth-order valence-electron chi connectivity index (χ4n) is 4.32. The molecule has 1 saturated heterocycles. The second-order valence-electron chi connectivity index (χ2n) is 7.20. The first-order valence-corrected chi connectivity index (χ1v) is 10.6. The van der Waals surface area contributed by atoms with E-state index in [1.165, 1.54) is 5.56 Å². The number of benzene rings is 1. The number of hydrogen-bond acceptors (Lipinski definition) is 3. The second-order valence-corrected chi connectivity index (χ2v) is 8.50. The lowest BCUT2D eigenvalue weighted by Crippen LogP contribution is -2.27. The summed E-state index contributed by atoms with van der Waals surface area (Å²) in [4.78, 5) is 9.43. The number of rotatable bonds is 3. The van der Waals surface area contributed by atoms with Crippen LogP contribution in [0.15, 0.2) is 59.2 Å². The van der Waals surface area contributed by atoms with E-state index in [0.717, 1.165) is 52.6 Å². The van der Waals surface area contributed by atoms with E-state index >= 15 is 0 Å². The fourth-order valence-corrected chi connectivity index (χ4v) is 4.79. The van der Waals surface area contributed by atoms with Crippen LogP contribution in [0.1, 0.15) is 24.4 Å². The van der Waals surface area contributed by atoms with Crippen molar-refractivity contribution in [2.45, 2.75) is 18.9 Å². The third kappa shape index (κ3) is 3.11. The van der Waals surface area contributed by atoms with Crippen LogP contribution in [-0.4, -0.2) is 27.7 Å². The van der Waals surface area contributed by atoms with Crippen molar-refractivity contribution in [3.8, 4) is 0 Å². The maximum Gasteiger partial charge on any atom is 0.144 e. The average Bonchev–Trinajstić information content (AvgIpc) is 3.02. The molecule has 5 rings (SSSR count). The van der Waals surface area contributed by atoms with Gasteiger partial charge in [0.2, 0.25) is 0 Å². The Kier molecular flexibility index (Phi) is 4.83. The summed E-state index contributed by atoms with van der Waals surface area (Å²) >= 11 is 9.91. The number of fused-ring (bicyclic) bond motifs is 3. The zero-order valence-electron chi connectivity index (χ0n) is 15.2. The Labute approximate surface area is 176 Å². The Bertz CT molecular complexity index is 1080. The second kappa shape index (κ2) is 7.47. The maximum absolute atomic E-state index is 6.31. The van der Waals surface area contributed by atoms with Gasteiger partial charge < -0.3 is 9.30 Å². The first kappa shape index (κ1) is 18.1. The van der Waals surface area contributed by atoms with Crippen molar-refractivity contribution in [2.75, 3.05) is 13.2 Å². The predicted octanol–water partition coefficient (Wildman–Crippen LogP) is 6.02. The summed E-state index contributed by atoms with van der Waals surface area (Å²) in [7, 11) is 0. The molecule has 0 amide bonds. The lowest BCUT2D eigenvalue weighted by Gasteiger charge is -2.32. The average molecular weight is 457 g/mol. The zero-order valence-corrected chi connectivity index (χ0v) is 17.5. The summed E-state index contributed by atoms with van der Waals surface area (Å²) in [5, 5.41) is 1.52. The van der Waals surface area contributed by atoms with E-state index < -0.39 is 0 Å². The molecule has 1 fully saturated rings. The number of halogens is 2. The van der Waals surface area contributed by atoms with E-state index in [9.17, 15) is 0 Å². The summed E-state index contributed by atoms with van der Waals surface area (Å²) in [6.45, 7) is 1.59. The minimum atomic E-state index is 0.146. The molecule has 28 heavy (non-hydrogen) atoms. The zero-order chi connectivity index (χ0) is 19.1. The predicted molar refractivity (Wildman–Crippen MR) is 116 cm³/mol. The molecule has 1 aromatic carbocycles. The molecule has 1 atom stereocenters. The van der Waals surface area contributed by atoms with E-state index in [1.807, 2.05) is 18.3 Å². The van der Waals surface area contributed by atoms with E-state index in [4.69, 9.17) is 26.3 Å². The van der Waals surface area contributed by atoms with Crippen LogP contribution in [0.25, 0.3) is 22.1 Å². The molecule has 1 aliphatic heterocycles. The van der Waals surface area contributed by atoms with Gasteiger partial charge in [-0.2, -0.15) is 0 Å². The van der Waals surface area contributed by atoms with E-state index in [0.29, 0.717) is 11.1 Å². The smallest absolute Gasteiger partial charge is 0.144 e. The van der Waals surface area contributed by atoms with Gasteiger partial charge in [0.05, 0.1) is 17.1 Å². The first-order chi connectivity index (χ1) is 13.7. The molecule has 0 unspecified atom stereocenters. The van der Waals surface area contributed by atoms with Gasteiger partial charge in [-0.1, -0.05) is 41.9 Å². The quantitative estimate of drug-likeness (QED) is 0.354. The van der Waals surface area contributed by atoms with E-state index in [-0.39, 0.29) is 6.04 Å². The van der Waals surface area contributed by atoms with Crippen molar-refractivity contribution in [1.82, 2.24) is 14.5 Å². The molecule has 0 N–H and O–H groups in total. The SMILES string of the molecule is Clc1ccc2c3ncc(Br)cc3n([C@@H](c3ccccc3)C3CCOCC3)c2n1. The number of nitrogens with zero attached hydrogens (tertiary/aromatic N) is 3. The molecular formula is C22H19BrClN3O. The Balaban J connectivity index is 1.84. The summed E-state index contributed by atoms with van der Waals surface area (Å²) in [6, 6.07) is 16.8. The molecule has 4 heterocycles. The van der Waals surface area contributed by atoms with Crippen LogP contribution in [0.5, 0.6) is 0 Å². The van der Waals surface area contributed by atoms with Gasteiger partial charge in [-0.15, -0.1) is 0 Å². The van der Waals surface area contributed by atoms with E-state index in [1.54, 1.807) is 0 Å². The topological polar surface area (TPSA) is 39.9 Å². The van der Waals surface area contributed by atoms with Crippen LogP contribution in [0.2, 0.25) is 5.15 Å². The molecule has 0 bridgehead atoms. The molecule has 1 aliphatic rings. The Morgan fingerprint density at radius 3 is 2.68 bits per heavy atom. The van der Waals surface area contributed by atoms with Gasteiger partial charge in [0.15, 0.2) is 0 Å². The first-order valence-electron chi connectivity index (χ1n) is 9.47. The minimum Gasteiger partial charge on any atom is -0.381 e. The highest BCUT2D eigenvalue weighted by molar-refractivity contribution is 9.10. The van der Waals surface area contributed by atoms with Crippen LogP contribution in [-0.2, 0) is 4.74 Å². The van der Waals surface area contributed by atoms with Crippen molar-refractivity contribution in [3.63, 3.8) is 0 Å². The molecule has 4 nitrogen and oxygen atoms in total. The summed E-state index contributed by atoms with van der Waals surface area (Å²) in [5.74, 6) is 0.453. The molecule has 0 saturated carbocycles. The van der Waals surface area contributed by atoms with Crippen molar-refractivity contribution in [3.05, 3.63) is 69.9 Å². The molecule has 142 valence electrons. The van der Waals surface area contributed by atoms with Gasteiger partial charge in [0.1, 0.15) is 10.8 Å². The normalized spacial score (nSPS) is 16.6. The lowest BCUT2D eigenvalue weighted by atomic mass is 9.86. The van der Waals surface area contributed by atoms with Gasteiger partial charge in [0.25, 0.3) is 0 Å². The molecule has 4 aromatic rings. The number of pyridine rings is 2. The number of aromatic nitrogens is 3. The summed E-state index contributed by atoms with van der Waals surface area (Å²) < 4.78 is 8.94. The molecule has 6 heteroatoms. The fraction of sp³-hybridized carbons (Fsp3) is 0.273. The minimum absolute atomic E-state index is 0.146. The van der Waals surface area contributed by atoms with Gasteiger partial charge in [-0.05, 0) is 58.5 Å². The van der Waals surface area contributed by atoms with Crippen LogP contribution in [0, 0.1) is 5.92 Å². The van der Waals surface area contributed by atoms with Gasteiger partial charge >= 0.3 is 0 Å². The van der Waals surface area contributed by atoms with Crippen molar-refractivity contribution >= 4 is 49.6 Å². The molecule has 0 radical (unpaired) electrons. The van der Waals surface area contributed by atoms with Crippen LogP contribution in [0.4, 0.5) is 0 Å². The third-order valence-corrected chi connectivity index (χ3v) is 6.19. The lowest BCUT2D eigenvalue weighted by molar-refractivity contribution is 0.0552. The van der Waals surface area contributed by atoms with Gasteiger partial charge in [-0.3, -0.25) is 4.98 Å². The van der Waals surface area contributed by atoms with Crippen molar-refractivity contribution in [1.29, 1.82) is 0 Å². The van der Waals surface area contributed by atoms with Gasteiger partial charge in [0, 0.05) is 29.3 Å². The third-order valence-electron chi connectivity index (χ3n) is 5.55. The monoisotopic (exact) mass is 455 g/mol. The van der Waals surface area contributed by atoms with Crippen LogP contribution >= 0.6 is 27.5 Å². The highest BCUT2D eigenvalue weighted by Crippen LogP contribution is 2.40. The molecular weight excluding hydrogens is 438 g/mol. The molecule has 0 spiro atoms. The number of ether oxygens (including phenoxy) is 1. The van der Waals surface area contributed by atoms with Gasteiger partial charge in [-0.25, -0.2) is 4.98 Å². The van der Waals surface area contributed by atoms with Crippen molar-refractivity contribution in [2.24, 2.45) is 5.92 Å². The highest BCUT2D eigenvalue weighted by atomic mass is 79.9. The Morgan fingerprint density at radius 1 is 1.11 bits per heavy atom. The highest BCUT2D eigenvalue weighted by Gasteiger charge is 2.30. The standard InChI is InChI=1S/C22H19BrClN3O/c23-16-12-18-20(25-13-16)17-6-7-19(24)26-22(17)27(18)21(14-4-2-1-3-5-14)15-8-10-28-11-9-15/h1-7,12-13,15,21H,8-11H2/t21-/m0/s1. The molecule has 3 aromatic heterocycles. The van der Waals surface area contributed by atoms with E-state index in [2.05, 4.69) is 56.9 Å². The van der Waals surface area contributed by atoms with Crippen molar-refractivity contribution < 1.29 is 4.74 Å². The molecule has 0 aliphatic carbocycles. The Hall–Kier alpha value is -1.95. The summed E-state index contributed by atoms with van der Waals surface area (Å²) in [6.07, 6.45) is 3.87. The summed E-state index contributed by atoms with van der Waals surface area (Å²) in [5.41, 5.74) is 4.18. The Morgan fingerprint density at radius 2 is 1.89 bits per heavy atom.